The summed E-state index contributed by atoms with van der Waals surface area (Å²) in [5.41, 5.74) is 8.48. The molecule has 0 unspecified atom stereocenters. The highest BCUT2D eigenvalue weighted by Gasteiger charge is 2.30. The number of hydrogen-bond donors (Lipinski definition) is 3. The van der Waals surface area contributed by atoms with Crippen LogP contribution in [-0.2, 0) is 11.2 Å². The number of amides is 2. The maximum absolute atomic E-state index is 13.6. The average Bonchev–Trinajstić information content (AvgIpc) is 2.88. The van der Waals surface area contributed by atoms with E-state index in [9.17, 15) is 9.59 Å². The Hall–Kier alpha value is -3.93. The Morgan fingerprint density at radius 1 is 0.912 bits per heavy atom. The second-order valence-electron chi connectivity index (χ2n) is 8.77. The van der Waals surface area contributed by atoms with Crippen LogP contribution in [0.25, 0.3) is 0 Å². The number of benzene rings is 3. The smallest absolute Gasteiger partial charge is 0.252 e. The van der Waals surface area contributed by atoms with E-state index in [1.54, 1.807) is 24.3 Å². The number of carbonyl (C=O) groups excluding carboxylic acids is 2. The number of nitrogens with zero attached hydrogens (tertiary/aromatic N) is 1. The summed E-state index contributed by atoms with van der Waals surface area (Å²) < 4.78 is 0. The van der Waals surface area contributed by atoms with E-state index in [0.717, 1.165) is 24.8 Å². The van der Waals surface area contributed by atoms with Crippen molar-refractivity contribution in [2.75, 3.05) is 13.1 Å². The molecule has 0 radical (unpaired) electrons. The lowest BCUT2D eigenvalue weighted by molar-refractivity contribution is -0.134. The number of likely N-dealkylation sites (tertiary alicyclic amines) is 1. The molecule has 1 aliphatic heterocycles. The molecule has 6 heteroatoms. The van der Waals surface area contributed by atoms with Gasteiger partial charge in [0.05, 0.1) is 0 Å². The molecular weight excluding hydrogens is 424 g/mol. The van der Waals surface area contributed by atoms with Crippen molar-refractivity contribution < 1.29 is 9.59 Å². The summed E-state index contributed by atoms with van der Waals surface area (Å²) in [5.74, 6) is -0.0288. The SMILES string of the molecule is N=C(N)c1cccc(C(=O)N[C@@H](C(=O)N2CCC(Cc3ccccc3)CC2)c2ccccc2)c1. The first-order chi connectivity index (χ1) is 16.5. The van der Waals surface area contributed by atoms with E-state index in [1.807, 2.05) is 41.3 Å². The number of nitrogens with two attached hydrogens (primary N) is 1. The summed E-state index contributed by atoms with van der Waals surface area (Å²) >= 11 is 0. The first kappa shape index (κ1) is 23.2. The summed E-state index contributed by atoms with van der Waals surface area (Å²) in [5, 5.41) is 10.5. The molecule has 0 spiro atoms. The second-order valence-corrected chi connectivity index (χ2v) is 8.77. The Morgan fingerprint density at radius 2 is 1.53 bits per heavy atom. The van der Waals surface area contributed by atoms with Gasteiger partial charge in [0.1, 0.15) is 11.9 Å². The number of rotatable bonds is 7. The third-order valence-corrected chi connectivity index (χ3v) is 6.38. The van der Waals surface area contributed by atoms with E-state index in [0.29, 0.717) is 30.1 Å². The maximum atomic E-state index is 13.6. The highest BCUT2D eigenvalue weighted by Crippen LogP contribution is 2.25. The summed E-state index contributed by atoms with van der Waals surface area (Å²) in [6, 6.07) is 25.6. The van der Waals surface area contributed by atoms with Crippen molar-refractivity contribution in [3.05, 3.63) is 107 Å². The van der Waals surface area contributed by atoms with Crippen molar-refractivity contribution in [2.24, 2.45) is 11.7 Å². The van der Waals surface area contributed by atoms with Gasteiger partial charge in [0.25, 0.3) is 5.91 Å². The minimum absolute atomic E-state index is 0.0968. The zero-order chi connectivity index (χ0) is 23.9. The number of hydrogen-bond acceptors (Lipinski definition) is 3. The molecule has 1 aliphatic rings. The molecule has 1 heterocycles. The molecule has 0 aromatic heterocycles. The van der Waals surface area contributed by atoms with E-state index in [-0.39, 0.29) is 17.6 Å². The zero-order valence-corrected chi connectivity index (χ0v) is 19.1. The van der Waals surface area contributed by atoms with E-state index in [4.69, 9.17) is 11.1 Å². The Balaban J connectivity index is 1.46. The summed E-state index contributed by atoms with van der Waals surface area (Å²) in [6.07, 6.45) is 2.90. The normalized spacial score (nSPS) is 14.9. The lowest BCUT2D eigenvalue weighted by atomic mass is 9.89. The van der Waals surface area contributed by atoms with Crippen LogP contribution in [0.2, 0.25) is 0 Å². The van der Waals surface area contributed by atoms with Crippen LogP contribution in [0, 0.1) is 11.3 Å². The molecule has 0 bridgehead atoms. The van der Waals surface area contributed by atoms with Crippen LogP contribution >= 0.6 is 0 Å². The van der Waals surface area contributed by atoms with Crippen LogP contribution in [0.3, 0.4) is 0 Å². The lowest BCUT2D eigenvalue weighted by Gasteiger charge is -2.34. The van der Waals surface area contributed by atoms with Crippen LogP contribution in [0.15, 0.2) is 84.9 Å². The van der Waals surface area contributed by atoms with Gasteiger partial charge in [-0.05, 0) is 48.4 Å². The van der Waals surface area contributed by atoms with Crippen molar-refractivity contribution in [1.29, 1.82) is 5.41 Å². The first-order valence-electron chi connectivity index (χ1n) is 11.6. The fourth-order valence-corrected chi connectivity index (χ4v) is 4.46. The third kappa shape index (κ3) is 5.70. The van der Waals surface area contributed by atoms with Gasteiger partial charge in [-0.2, -0.15) is 0 Å². The molecule has 0 aliphatic carbocycles. The number of nitrogen functional groups attached to an aromatic ring is 1. The summed E-state index contributed by atoms with van der Waals surface area (Å²) in [4.78, 5) is 28.5. The van der Waals surface area contributed by atoms with Crippen molar-refractivity contribution in [3.63, 3.8) is 0 Å². The quantitative estimate of drug-likeness (QED) is 0.373. The average molecular weight is 455 g/mol. The number of piperidine rings is 1. The molecule has 174 valence electrons. The minimum atomic E-state index is -0.777. The first-order valence-corrected chi connectivity index (χ1v) is 11.6. The van der Waals surface area contributed by atoms with Gasteiger partial charge in [0.15, 0.2) is 0 Å². The third-order valence-electron chi connectivity index (χ3n) is 6.38. The van der Waals surface area contributed by atoms with Crippen LogP contribution in [0.5, 0.6) is 0 Å². The Bertz CT molecular complexity index is 1140. The monoisotopic (exact) mass is 454 g/mol. The Labute approximate surface area is 200 Å². The molecule has 0 saturated carbocycles. The zero-order valence-electron chi connectivity index (χ0n) is 19.1. The molecule has 4 N–H and O–H groups in total. The van der Waals surface area contributed by atoms with Gasteiger partial charge >= 0.3 is 0 Å². The molecule has 1 saturated heterocycles. The van der Waals surface area contributed by atoms with E-state index in [1.165, 1.54) is 5.56 Å². The number of nitrogens with one attached hydrogen (secondary N) is 2. The van der Waals surface area contributed by atoms with Crippen LogP contribution in [0.4, 0.5) is 0 Å². The van der Waals surface area contributed by atoms with Crippen molar-refractivity contribution >= 4 is 17.6 Å². The molecule has 3 aromatic rings. The van der Waals surface area contributed by atoms with Crippen molar-refractivity contribution in [3.8, 4) is 0 Å². The molecule has 1 fully saturated rings. The predicted octanol–water partition coefficient (Wildman–Crippen LogP) is 3.92. The standard InChI is InChI=1S/C28H30N4O2/c29-26(30)23-12-7-13-24(19-23)27(33)31-25(22-10-5-2-6-11-22)28(34)32-16-14-21(15-17-32)18-20-8-3-1-4-9-20/h1-13,19,21,25H,14-18H2,(H3,29,30)(H,31,33)/t25-/m1/s1. The van der Waals surface area contributed by atoms with Crippen molar-refractivity contribution in [2.45, 2.75) is 25.3 Å². The maximum Gasteiger partial charge on any atom is 0.252 e. The molecule has 4 rings (SSSR count). The van der Waals surface area contributed by atoms with E-state index < -0.39 is 6.04 Å². The topological polar surface area (TPSA) is 99.3 Å². The van der Waals surface area contributed by atoms with E-state index in [2.05, 4.69) is 29.6 Å². The van der Waals surface area contributed by atoms with Crippen molar-refractivity contribution in [1.82, 2.24) is 10.2 Å². The lowest BCUT2D eigenvalue weighted by Crippen LogP contribution is -2.46. The van der Waals surface area contributed by atoms with Gasteiger partial charge in [0, 0.05) is 24.2 Å². The highest BCUT2D eigenvalue weighted by atomic mass is 16.2. The molecule has 34 heavy (non-hydrogen) atoms. The van der Waals surface area contributed by atoms with Gasteiger partial charge in [-0.25, -0.2) is 0 Å². The van der Waals surface area contributed by atoms with E-state index >= 15 is 0 Å². The number of amidine groups is 1. The molecule has 2 amide bonds. The van der Waals surface area contributed by atoms with Gasteiger partial charge in [0.2, 0.25) is 5.91 Å². The molecule has 3 aromatic carbocycles. The molecular formula is C28H30N4O2. The summed E-state index contributed by atoms with van der Waals surface area (Å²) in [7, 11) is 0. The fraction of sp³-hybridized carbons (Fsp3) is 0.250. The largest absolute Gasteiger partial charge is 0.384 e. The number of carbonyl (C=O) groups is 2. The van der Waals surface area contributed by atoms with Crippen LogP contribution in [-0.4, -0.2) is 35.6 Å². The van der Waals surface area contributed by atoms with Gasteiger partial charge in [-0.15, -0.1) is 0 Å². The minimum Gasteiger partial charge on any atom is -0.384 e. The summed E-state index contributed by atoms with van der Waals surface area (Å²) in [6.45, 7) is 1.35. The van der Waals surface area contributed by atoms with Crippen LogP contribution < -0.4 is 11.1 Å². The van der Waals surface area contributed by atoms with Gasteiger partial charge in [-0.1, -0.05) is 72.8 Å². The predicted molar refractivity (Wildman–Crippen MR) is 134 cm³/mol. The molecule has 6 nitrogen and oxygen atoms in total. The Kier molecular flexibility index (Phi) is 7.38. The fourth-order valence-electron chi connectivity index (χ4n) is 4.46. The van der Waals surface area contributed by atoms with Gasteiger partial charge in [-0.3, -0.25) is 15.0 Å². The highest BCUT2D eigenvalue weighted by molar-refractivity contribution is 6.01. The van der Waals surface area contributed by atoms with Gasteiger partial charge < -0.3 is 16.0 Å². The molecule has 1 atom stereocenters. The Morgan fingerprint density at radius 3 is 2.18 bits per heavy atom. The second kappa shape index (κ2) is 10.8. The van der Waals surface area contributed by atoms with Crippen LogP contribution in [0.1, 0.15) is 45.9 Å².